The van der Waals surface area contributed by atoms with Gasteiger partial charge in [0.15, 0.2) is 5.75 Å². The van der Waals surface area contributed by atoms with Crippen molar-refractivity contribution in [3.8, 4) is 22.9 Å². The molecule has 136 valence electrons. The maximum Gasteiger partial charge on any atom is 0.259 e. The molecule has 2 N–H and O–H groups in total. The van der Waals surface area contributed by atoms with E-state index in [1.165, 1.54) is 5.56 Å². The van der Waals surface area contributed by atoms with E-state index in [1.54, 1.807) is 24.5 Å². The van der Waals surface area contributed by atoms with Crippen molar-refractivity contribution >= 4 is 11.7 Å². The fraction of sp³-hybridized carbons (Fsp3) is 0.250. The first-order chi connectivity index (χ1) is 13.3. The molecule has 0 saturated heterocycles. The van der Waals surface area contributed by atoms with E-state index in [9.17, 15) is 4.79 Å². The molecule has 7 heteroatoms. The predicted molar refractivity (Wildman–Crippen MR) is 99.2 cm³/mol. The Morgan fingerprint density at radius 2 is 2.07 bits per heavy atom. The first-order valence-electron chi connectivity index (χ1n) is 9.02. The molecule has 1 amide bonds. The number of rotatable bonds is 2. The number of carbonyl (C=O) groups excluding carboxylic acids is 1. The molecule has 0 bridgehead atoms. The van der Waals surface area contributed by atoms with Crippen molar-refractivity contribution in [3.63, 3.8) is 0 Å². The van der Waals surface area contributed by atoms with Crippen molar-refractivity contribution in [1.29, 1.82) is 0 Å². The molecular weight excluding hydrogens is 344 g/mol. The van der Waals surface area contributed by atoms with Crippen LogP contribution in [0.3, 0.4) is 0 Å². The smallest absolute Gasteiger partial charge is 0.259 e. The summed E-state index contributed by atoms with van der Waals surface area (Å²) in [5, 5.41) is 2.86. The lowest BCUT2D eigenvalue weighted by Crippen LogP contribution is -2.18. The van der Waals surface area contributed by atoms with Gasteiger partial charge in [-0.3, -0.25) is 9.78 Å². The van der Waals surface area contributed by atoms with Gasteiger partial charge in [0.25, 0.3) is 11.8 Å². The number of hydrogen-bond acceptors (Lipinski definition) is 5. The van der Waals surface area contributed by atoms with Gasteiger partial charge < -0.3 is 19.8 Å². The SMILES string of the molecule is O=C(Nc1ccc2c(n1)OCCO2)c1c[nH]c2c1-c1ncccc1CCC2. The summed E-state index contributed by atoms with van der Waals surface area (Å²) in [5.74, 6) is 1.19. The molecule has 27 heavy (non-hydrogen) atoms. The highest BCUT2D eigenvalue weighted by atomic mass is 16.6. The van der Waals surface area contributed by atoms with Crippen molar-refractivity contribution in [2.24, 2.45) is 0 Å². The maximum atomic E-state index is 13.0. The van der Waals surface area contributed by atoms with Crippen molar-refractivity contribution in [1.82, 2.24) is 15.0 Å². The van der Waals surface area contributed by atoms with Crippen molar-refractivity contribution in [2.75, 3.05) is 18.5 Å². The Balaban J connectivity index is 1.49. The zero-order valence-electron chi connectivity index (χ0n) is 14.6. The highest BCUT2D eigenvalue weighted by molar-refractivity contribution is 6.08. The molecule has 0 aromatic carbocycles. The lowest BCUT2D eigenvalue weighted by Gasteiger charge is -2.17. The van der Waals surface area contributed by atoms with Gasteiger partial charge in [-0.15, -0.1) is 0 Å². The van der Waals surface area contributed by atoms with E-state index < -0.39 is 0 Å². The highest BCUT2D eigenvalue weighted by Gasteiger charge is 2.24. The van der Waals surface area contributed by atoms with Crippen LogP contribution in [0.5, 0.6) is 11.6 Å². The van der Waals surface area contributed by atoms with Crippen LogP contribution in [0, 0.1) is 0 Å². The second kappa shape index (κ2) is 6.42. The Kier molecular flexibility index (Phi) is 3.78. The van der Waals surface area contributed by atoms with Crippen LogP contribution in [0.4, 0.5) is 5.82 Å². The molecule has 0 unspecified atom stereocenters. The van der Waals surface area contributed by atoms with Crippen molar-refractivity contribution in [2.45, 2.75) is 19.3 Å². The Labute approximate surface area is 155 Å². The number of aryl methyl sites for hydroxylation is 2. The zero-order valence-corrected chi connectivity index (χ0v) is 14.6. The molecule has 7 nitrogen and oxygen atoms in total. The van der Waals surface area contributed by atoms with Crippen molar-refractivity contribution in [3.05, 3.63) is 53.5 Å². The highest BCUT2D eigenvalue weighted by Crippen LogP contribution is 2.34. The number of amides is 1. The summed E-state index contributed by atoms with van der Waals surface area (Å²) in [5.41, 5.74) is 4.56. The van der Waals surface area contributed by atoms with E-state index in [1.807, 2.05) is 6.07 Å². The summed E-state index contributed by atoms with van der Waals surface area (Å²) >= 11 is 0. The van der Waals surface area contributed by atoms with Crippen LogP contribution < -0.4 is 14.8 Å². The first kappa shape index (κ1) is 15.9. The molecule has 5 rings (SSSR count). The topological polar surface area (TPSA) is 89.1 Å². The minimum atomic E-state index is -0.227. The van der Waals surface area contributed by atoms with Gasteiger partial charge in [0.1, 0.15) is 19.0 Å². The standard InChI is InChI=1S/C20H18N4O3/c25-19(23-16-7-6-15-20(24-16)27-10-9-26-15)13-11-22-14-5-1-3-12-4-2-8-21-18(12)17(13)14/h2,4,6-8,11,22H,1,3,5,9-10H2,(H,23,24,25). The average Bonchev–Trinajstić information content (AvgIpc) is 3.03. The molecular formula is C20H18N4O3. The van der Waals surface area contributed by atoms with Crippen LogP contribution in [0.15, 0.2) is 36.7 Å². The number of nitrogens with zero attached hydrogens (tertiary/aromatic N) is 2. The van der Waals surface area contributed by atoms with Crippen LogP contribution >= 0.6 is 0 Å². The Morgan fingerprint density at radius 3 is 3.04 bits per heavy atom. The Bertz CT molecular complexity index is 1030. The lowest BCUT2D eigenvalue weighted by atomic mass is 10.0. The van der Waals surface area contributed by atoms with Crippen LogP contribution in [0.2, 0.25) is 0 Å². The summed E-state index contributed by atoms with van der Waals surface area (Å²) in [6.07, 6.45) is 6.39. The van der Waals surface area contributed by atoms with Crippen LogP contribution in [-0.4, -0.2) is 34.1 Å². The van der Waals surface area contributed by atoms with E-state index in [0.29, 0.717) is 36.2 Å². The number of aromatic nitrogens is 3. The van der Waals surface area contributed by atoms with Gasteiger partial charge in [-0.1, -0.05) is 6.07 Å². The normalized spacial score (nSPS) is 14.7. The number of ether oxygens (including phenoxy) is 2. The molecule has 3 aromatic rings. The summed E-state index contributed by atoms with van der Waals surface area (Å²) in [6, 6.07) is 7.48. The third kappa shape index (κ3) is 2.81. The molecule has 0 atom stereocenters. The molecule has 0 spiro atoms. The minimum Gasteiger partial charge on any atom is -0.484 e. The predicted octanol–water partition coefficient (Wildman–Crippen LogP) is 2.98. The monoisotopic (exact) mass is 362 g/mol. The van der Waals surface area contributed by atoms with E-state index in [4.69, 9.17) is 9.47 Å². The first-order valence-corrected chi connectivity index (χ1v) is 9.02. The fourth-order valence-electron chi connectivity index (χ4n) is 3.62. The van der Waals surface area contributed by atoms with Crippen molar-refractivity contribution < 1.29 is 14.3 Å². The molecule has 1 aliphatic carbocycles. The summed E-state index contributed by atoms with van der Waals surface area (Å²) < 4.78 is 11.0. The zero-order chi connectivity index (χ0) is 18.2. The number of aromatic amines is 1. The van der Waals surface area contributed by atoms with E-state index in [-0.39, 0.29) is 5.91 Å². The molecule has 0 fully saturated rings. The molecule has 1 aliphatic heterocycles. The third-order valence-corrected chi connectivity index (χ3v) is 4.85. The van der Waals surface area contributed by atoms with Gasteiger partial charge in [0.2, 0.25) is 0 Å². The summed E-state index contributed by atoms with van der Waals surface area (Å²) in [7, 11) is 0. The maximum absolute atomic E-state index is 13.0. The number of H-pyrrole nitrogens is 1. The van der Waals surface area contributed by atoms with Gasteiger partial charge in [0, 0.05) is 23.7 Å². The Hall–Kier alpha value is -3.35. The van der Waals surface area contributed by atoms with Gasteiger partial charge >= 0.3 is 0 Å². The average molecular weight is 362 g/mol. The van der Waals surface area contributed by atoms with Gasteiger partial charge in [0.05, 0.1) is 11.3 Å². The van der Waals surface area contributed by atoms with Crippen LogP contribution in [0.1, 0.15) is 28.0 Å². The number of fused-ring (bicyclic) bond motifs is 4. The van der Waals surface area contributed by atoms with Gasteiger partial charge in [-0.25, -0.2) is 0 Å². The second-order valence-corrected chi connectivity index (χ2v) is 6.57. The summed E-state index contributed by atoms with van der Waals surface area (Å²) in [4.78, 5) is 25.1. The molecule has 4 heterocycles. The van der Waals surface area contributed by atoms with Gasteiger partial charge in [-0.05, 0) is 43.0 Å². The Morgan fingerprint density at radius 1 is 1.15 bits per heavy atom. The van der Waals surface area contributed by atoms with Gasteiger partial charge in [-0.2, -0.15) is 4.98 Å². The lowest BCUT2D eigenvalue weighted by molar-refractivity contribution is 0.102. The van der Waals surface area contributed by atoms with Crippen LogP contribution in [-0.2, 0) is 12.8 Å². The fourth-order valence-corrected chi connectivity index (χ4v) is 3.62. The molecule has 3 aromatic heterocycles. The number of anilines is 1. The number of pyridine rings is 2. The molecule has 2 aliphatic rings. The van der Waals surface area contributed by atoms with E-state index >= 15 is 0 Å². The van der Waals surface area contributed by atoms with E-state index in [2.05, 4.69) is 26.3 Å². The minimum absolute atomic E-state index is 0.227. The third-order valence-electron chi connectivity index (χ3n) is 4.85. The number of nitrogens with one attached hydrogen (secondary N) is 2. The quantitative estimate of drug-likeness (QED) is 0.732. The largest absolute Gasteiger partial charge is 0.484 e. The number of carbonyl (C=O) groups is 1. The van der Waals surface area contributed by atoms with Crippen LogP contribution in [0.25, 0.3) is 11.3 Å². The molecule has 0 saturated carbocycles. The van der Waals surface area contributed by atoms with E-state index in [0.717, 1.165) is 36.2 Å². The summed E-state index contributed by atoms with van der Waals surface area (Å²) in [6.45, 7) is 0.952. The second-order valence-electron chi connectivity index (χ2n) is 6.57. The number of hydrogen-bond donors (Lipinski definition) is 2. The molecule has 0 radical (unpaired) electrons.